The van der Waals surface area contributed by atoms with Gasteiger partial charge in [-0.2, -0.15) is 10.2 Å². The van der Waals surface area contributed by atoms with Crippen molar-refractivity contribution in [1.29, 1.82) is 0 Å². The molecule has 0 N–H and O–H groups in total. The van der Waals surface area contributed by atoms with Gasteiger partial charge in [0.2, 0.25) is 0 Å². The van der Waals surface area contributed by atoms with Crippen LogP contribution < -0.4 is 4.74 Å². The lowest BCUT2D eigenvalue weighted by Gasteiger charge is -2.04. The van der Waals surface area contributed by atoms with E-state index >= 15 is 0 Å². The van der Waals surface area contributed by atoms with Crippen LogP contribution >= 0.6 is 0 Å². The second kappa shape index (κ2) is 5.62. The van der Waals surface area contributed by atoms with E-state index in [2.05, 4.69) is 10.2 Å². The molecule has 0 spiro atoms. The highest BCUT2D eigenvalue weighted by Gasteiger charge is 2.11. The molecule has 0 aliphatic heterocycles. The zero-order chi connectivity index (χ0) is 14.7. The molecule has 2 aromatic heterocycles. The first-order valence-electron chi connectivity index (χ1n) is 6.61. The van der Waals surface area contributed by atoms with Crippen molar-refractivity contribution in [3.05, 3.63) is 60.7 Å². The van der Waals surface area contributed by atoms with Gasteiger partial charge in [-0.3, -0.25) is 4.68 Å². The Kier molecular flexibility index (Phi) is 3.51. The number of rotatable bonds is 4. The van der Waals surface area contributed by atoms with Crippen LogP contribution in [-0.2, 0) is 6.54 Å². The van der Waals surface area contributed by atoms with Crippen LogP contribution in [-0.4, -0.2) is 25.5 Å². The van der Waals surface area contributed by atoms with Gasteiger partial charge in [0, 0.05) is 25.1 Å². The van der Waals surface area contributed by atoms with Crippen LogP contribution in [0.5, 0.6) is 5.75 Å². The number of aromatic nitrogens is 4. The quantitative estimate of drug-likeness (QED) is 0.544. The summed E-state index contributed by atoms with van der Waals surface area (Å²) in [5.74, 6) is 0.0710. The highest BCUT2D eigenvalue weighted by molar-refractivity contribution is 5.90. The van der Waals surface area contributed by atoms with Crippen molar-refractivity contribution in [2.45, 2.75) is 13.5 Å². The van der Waals surface area contributed by atoms with Crippen molar-refractivity contribution in [3.63, 3.8) is 0 Å². The van der Waals surface area contributed by atoms with Crippen molar-refractivity contribution in [2.75, 3.05) is 0 Å². The predicted molar refractivity (Wildman–Crippen MR) is 76.4 cm³/mol. The van der Waals surface area contributed by atoms with Gasteiger partial charge in [-0.25, -0.2) is 9.48 Å². The molecule has 2 heterocycles. The molecule has 6 heteroatoms. The first kappa shape index (κ1) is 13.1. The van der Waals surface area contributed by atoms with E-state index in [0.717, 1.165) is 5.69 Å². The number of ether oxygens (including phenoxy) is 1. The fourth-order valence-corrected chi connectivity index (χ4v) is 1.90. The molecule has 0 amide bonds. The van der Waals surface area contributed by atoms with Gasteiger partial charge in [-0.15, -0.1) is 0 Å². The largest absolute Gasteiger partial charge is 0.423 e. The molecule has 0 saturated heterocycles. The SMILES string of the molecule is CCn1cc(C(=O)Oc2ccc(-n3cccn3)cc2)cn1. The van der Waals surface area contributed by atoms with E-state index < -0.39 is 5.97 Å². The Bertz CT molecular complexity index is 729. The molecule has 21 heavy (non-hydrogen) atoms. The summed E-state index contributed by atoms with van der Waals surface area (Å²) in [6.07, 6.45) is 6.73. The first-order valence-corrected chi connectivity index (χ1v) is 6.61. The average Bonchev–Trinajstić information content (AvgIpc) is 3.19. The Morgan fingerprint density at radius 2 is 2.05 bits per heavy atom. The third kappa shape index (κ3) is 2.84. The summed E-state index contributed by atoms with van der Waals surface area (Å²) in [4.78, 5) is 12.0. The fourth-order valence-electron chi connectivity index (χ4n) is 1.90. The number of benzene rings is 1. The number of carbonyl (C=O) groups excluding carboxylic acids is 1. The van der Waals surface area contributed by atoms with Crippen LogP contribution in [0.4, 0.5) is 0 Å². The van der Waals surface area contributed by atoms with E-state index in [1.54, 1.807) is 33.9 Å². The van der Waals surface area contributed by atoms with Gasteiger partial charge in [-0.05, 0) is 37.3 Å². The normalized spacial score (nSPS) is 10.5. The Morgan fingerprint density at radius 3 is 2.67 bits per heavy atom. The third-order valence-corrected chi connectivity index (χ3v) is 3.01. The summed E-state index contributed by atoms with van der Waals surface area (Å²) in [6.45, 7) is 2.67. The van der Waals surface area contributed by atoms with E-state index in [1.165, 1.54) is 6.20 Å². The zero-order valence-electron chi connectivity index (χ0n) is 11.5. The highest BCUT2D eigenvalue weighted by Crippen LogP contribution is 2.16. The molecule has 0 aliphatic rings. The fraction of sp³-hybridized carbons (Fsp3) is 0.133. The molecular formula is C15H14N4O2. The summed E-state index contributed by atoms with van der Waals surface area (Å²) in [6, 6.07) is 8.99. The molecule has 1 aromatic carbocycles. The van der Waals surface area contributed by atoms with Gasteiger partial charge < -0.3 is 4.74 Å². The van der Waals surface area contributed by atoms with Gasteiger partial charge in [0.25, 0.3) is 0 Å². The second-order valence-electron chi connectivity index (χ2n) is 4.42. The average molecular weight is 282 g/mol. The van der Waals surface area contributed by atoms with Crippen molar-refractivity contribution in [1.82, 2.24) is 19.6 Å². The predicted octanol–water partition coefficient (Wildman–Crippen LogP) is 2.31. The lowest BCUT2D eigenvalue weighted by Crippen LogP contribution is -2.07. The summed E-state index contributed by atoms with van der Waals surface area (Å²) < 4.78 is 8.72. The Balaban J connectivity index is 1.71. The maximum atomic E-state index is 12.0. The van der Waals surface area contributed by atoms with Crippen molar-refractivity contribution in [2.24, 2.45) is 0 Å². The number of aryl methyl sites for hydroxylation is 1. The molecule has 3 aromatic rings. The molecule has 0 bridgehead atoms. The van der Waals surface area contributed by atoms with Gasteiger partial charge in [0.1, 0.15) is 5.75 Å². The summed E-state index contributed by atoms with van der Waals surface area (Å²) >= 11 is 0. The number of nitrogens with zero attached hydrogens (tertiary/aromatic N) is 4. The monoisotopic (exact) mass is 282 g/mol. The third-order valence-electron chi connectivity index (χ3n) is 3.01. The van der Waals surface area contributed by atoms with E-state index in [9.17, 15) is 4.79 Å². The van der Waals surface area contributed by atoms with Crippen LogP contribution in [0.15, 0.2) is 55.1 Å². The van der Waals surface area contributed by atoms with Crippen molar-refractivity contribution in [3.8, 4) is 11.4 Å². The molecule has 0 unspecified atom stereocenters. The summed E-state index contributed by atoms with van der Waals surface area (Å²) in [7, 11) is 0. The Morgan fingerprint density at radius 1 is 1.24 bits per heavy atom. The maximum Gasteiger partial charge on any atom is 0.346 e. The second-order valence-corrected chi connectivity index (χ2v) is 4.42. The van der Waals surface area contributed by atoms with Crippen LogP contribution in [0.25, 0.3) is 5.69 Å². The van der Waals surface area contributed by atoms with E-state index in [4.69, 9.17) is 4.74 Å². The summed E-state index contributed by atoms with van der Waals surface area (Å²) in [5, 5.41) is 8.18. The summed E-state index contributed by atoms with van der Waals surface area (Å²) in [5.41, 5.74) is 1.34. The van der Waals surface area contributed by atoms with Gasteiger partial charge in [0.15, 0.2) is 0 Å². The van der Waals surface area contributed by atoms with Crippen molar-refractivity contribution >= 4 is 5.97 Å². The van der Waals surface area contributed by atoms with Gasteiger partial charge >= 0.3 is 5.97 Å². The van der Waals surface area contributed by atoms with Crippen LogP contribution in [0, 0.1) is 0 Å². The van der Waals surface area contributed by atoms with Crippen LogP contribution in [0.1, 0.15) is 17.3 Å². The molecule has 0 aliphatic carbocycles. The van der Waals surface area contributed by atoms with Gasteiger partial charge in [0.05, 0.1) is 17.4 Å². The first-order chi connectivity index (χ1) is 10.3. The Hall–Kier alpha value is -2.89. The van der Waals surface area contributed by atoms with E-state index in [0.29, 0.717) is 17.9 Å². The highest BCUT2D eigenvalue weighted by atomic mass is 16.5. The number of carbonyl (C=O) groups is 1. The minimum Gasteiger partial charge on any atom is -0.423 e. The van der Waals surface area contributed by atoms with Crippen LogP contribution in [0.3, 0.4) is 0 Å². The molecular weight excluding hydrogens is 268 g/mol. The minimum atomic E-state index is -0.415. The molecule has 0 radical (unpaired) electrons. The van der Waals surface area contributed by atoms with Gasteiger partial charge in [-0.1, -0.05) is 0 Å². The molecule has 0 atom stereocenters. The smallest absolute Gasteiger partial charge is 0.346 e. The van der Waals surface area contributed by atoms with E-state index in [-0.39, 0.29) is 0 Å². The Labute approximate surface area is 121 Å². The topological polar surface area (TPSA) is 61.9 Å². The standard InChI is InChI=1S/C15H14N4O2/c1-2-18-11-12(10-17-18)15(20)21-14-6-4-13(5-7-14)19-9-3-8-16-19/h3-11H,2H2,1H3. The zero-order valence-corrected chi connectivity index (χ0v) is 11.5. The van der Waals surface area contributed by atoms with E-state index in [1.807, 2.05) is 31.3 Å². The number of hydrogen-bond donors (Lipinski definition) is 0. The maximum absolute atomic E-state index is 12.0. The molecule has 0 saturated carbocycles. The molecule has 0 fully saturated rings. The lowest BCUT2D eigenvalue weighted by molar-refractivity contribution is 0.0734. The van der Waals surface area contributed by atoms with Crippen molar-refractivity contribution < 1.29 is 9.53 Å². The number of hydrogen-bond acceptors (Lipinski definition) is 4. The number of esters is 1. The molecule has 3 rings (SSSR count). The lowest BCUT2D eigenvalue weighted by atomic mass is 10.3. The van der Waals surface area contributed by atoms with Crippen LogP contribution in [0.2, 0.25) is 0 Å². The molecule has 106 valence electrons. The molecule has 6 nitrogen and oxygen atoms in total. The minimum absolute atomic E-state index is 0.415.